The molecule has 0 aliphatic carbocycles. The molecule has 0 unspecified atom stereocenters. The van der Waals surface area contributed by atoms with Crippen molar-refractivity contribution < 1.29 is 4.52 Å². The number of aromatic nitrogens is 2. The summed E-state index contributed by atoms with van der Waals surface area (Å²) in [5.41, 5.74) is 1.95. The van der Waals surface area contributed by atoms with Crippen molar-refractivity contribution in [1.29, 1.82) is 0 Å². The molecule has 0 atom stereocenters. The topological polar surface area (TPSA) is 58.6 Å². The average Bonchev–Trinajstić information content (AvgIpc) is 3.01. The zero-order chi connectivity index (χ0) is 14.5. The Morgan fingerprint density at radius 3 is 2.95 bits per heavy atom. The number of halogens is 1. The van der Waals surface area contributed by atoms with E-state index >= 15 is 0 Å². The highest BCUT2D eigenvalue weighted by Crippen LogP contribution is 2.14. The Hall–Kier alpha value is -1.95. The first kappa shape index (κ1) is 14.5. The van der Waals surface area contributed by atoms with Crippen molar-refractivity contribution in [2.24, 2.45) is 12.0 Å². The van der Waals surface area contributed by atoms with Crippen LogP contribution >= 0.6 is 11.6 Å². The normalized spacial score (nSPS) is 11.7. The second kappa shape index (κ2) is 6.47. The second-order valence-corrected chi connectivity index (χ2v) is 4.94. The van der Waals surface area contributed by atoms with Crippen LogP contribution in [-0.4, -0.2) is 34.7 Å². The van der Waals surface area contributed by atoms with Gasteiger partial charge < -0.3 is 19.3 Å². The number of aliphatic imine (C=N–C) groups is 1. The first-order valence-electron chi connectivity index (χ1n) is 6.22. The van der Waals surface area contributed by atoms with Gasteiger partial charge in [0.05, 0.1) is 18.1 Å². The summed E-state index contributed by atoms with van der Waals surface area (Å²) in [5, 5.41) is 7.82. The summed E-state index contributed by atoms with van der Waals surface area (Å²) >= 11 is 5.99. The maximum atomic E-state index is 5.99. The Labute approximate surface area is 123 Å². The smallest absolute Gasteiger partial charge is 0.194 e. The van der Waals surface area contributed by atoms with Crippen LogP contribution < -0.4 is 5.32 Å². The molecule has 7 heteroatoms. The molecule has 20 heavy (non-hydrogen) atoms. The molecule has 2 aromatic heterocycles. The lowest BCUT2D eigenvalue weighted by Crippen LogP contribution is -2.38. The fourth-order valence-electron chi connectivity index (χ4n) is 1.92. The van der Waals surface area contributed by atoms with Crippen LogP contribution in [0.15, 0.2) is 34.1 Å². The molecule has 0 radical (unpaired) electrons. The van der Waals surface area contributed by atoms with E-state index in [1.54, 1.807) is 13.3 Å². The molecular formula is C13H18ClN5O. The summed E-state index contributed by atoms with van der Waals surface area (Å²) in [6.07, 6.45) is 3.44. The van der Waals surface area contributed by atoms with E-state index in [0.717, 1.165) is 22.4 Å². The molecule has 0 amide bonds. The average molecular weight is 296 g/mol. The van der Waals surface area contributed by atoms with Gasteiger partial charge in [-0.15, -0.1) is 0 Å². The highest BCUT2D eigenvalue weighted by Gasteiger charge is 2.10. The van der Waals surface area contributed by atoms with Crippen LogP contribution in [0.3, 0.4) is 0 Å². The van der Waals surface area contributed by atoms with Gasteiger partial charge in [0.2, 0.25) is 0 Å². The molecule has 2 heterocycles. The quantitative estimate of drug-likeness (QED) is 0.691. The fourth-order valence-corrected chi connectivity index (χ4v) is 2.20. The van der Waals surface area contributed by atoms with Gasteiger partial charge >= 0.3 is 0 Å². The molecule has 2 aromatic rings. The summed E-state index contributed by atoms with van der Waals surface area (Å²) in [4.78, 5) is 6.27. The first-order chi connectivity index (χ1) is 9.60. The summed E-state index contributed by atoms with van der Waals surface area (Å²) in [5.74, 6) is 0.783. The Morgan fingerprint density at radius 2 is 2.40 bits per heavy atom. The molecule has 0 aliphatic heterocycles. The lowest BCUT2D eigenvalue weighted by Gasteiger charge is -2.22. The third-order valence-corrected chi connectivity index (χ3v) is 3.17. The summed E-state index contributed by atoms with van der Waals surface area (Å²) in [7, 11) is 5.69. The van der Waals surface area contributed by atoms with Crippen LogP contribution in [0.4, 0.5) is 0 Å². The minimum absolute atomic E-state index is 0.571. The molecule has 0 fully saturated rings. The standard InChI is InChI=1S/C13H18ClN5O/c1-15-13(16-7-11-4-5-20-17-11)19(3)9-12-6-10(14)8-18(12)2/h4-6,8H,7,9H2,1-3H3,(H,15,16). The van der Waals surface area contributed by atoms with Crippen LogP contribution in [0.25, 0.3) is 0 Å². The van der Waals surface area contributed by atoms with Gasteiger partial charge in [0.25, 0.3) is 0 Å². The van der Waals surface area contributed by atoms with Crippen LogP contribution in [-0.2, 0) is 20.1 Å². The number of rotatable bonds is 4. The van der Waals surface area contributed by atoms with Crippen molar-refractivity contribution in [2.45, 2.75) is 13.1 Å². The molecule has 2 rings (SSSR count). The van der Waals surface area contributed by atoms with Crippen molar-refractivity contribution in [1.82, 2.24) is 19.9 Å². The van der Waals surface area contributed by atoms with Gasteiger partial charge in [0.15, 0.2) is 5.96 Å². The van der Waals surface area contributed by atoms with Gasteiger partial charge in [-0.05, 0) is 6.07 Å². The Bertz CT molecular complexity index is 576. The molecule has 0 bridgehead atoms. The van der Waals surface area contributed by atoms with Crippen molar-refractivity contribution >= 4 is 17.6 Å². The summed E-state index contributed by atoms with van der Waals surface area (Å²) in [6, 6.07) is 3.76. The largest absolute Gasteiger partial charge is 0.364 e. The third kappa shape index (κ3) is 3.54. The number of hydrogen-bond acceptors (Lipinski definition) is 3. The number of nitrogens with one attached hydrogen (secondary N) is 1. The van der Waals surface area contributed by atoms with Crippen LogP contribution in [0.5, 0.6) is 0 Å². The van der Waals surface area contributed by atoms with Gasteiger partial charge in [0, 0.05) is 39.1 Å². The number of nitrogens with zero attached hydrogens (tertiary/aromatic N) is 4. The number of aryl methyl sites for hydroxylation is 1. The number of hydrogen-bond donors (Lipinski definition) is 1. The molecule has 6 nitrogen and oxygen atoms in total. The van der Waals surface area contributed by atoms with Crippen LogP contribution in [0.1, 0.15) is 11.4 Å². The maximum Gasteiger partial charge on any atom is 0.194 e. The van der Waals surface area contributed by atoms with Crippen molar-refractivity contribution in [2.75, 3.05) is 14.1 Å². The van der Waals surface area contributed by atoms with Crippen LogP contribution in [0.2, 0.25) is 5.02 Å². The summed E-state index contributed by atoms with van der Waals surface area (Å²) in [6.45, 7) is 1.28. The van der Waals surface area contributed by atoms with E-state index in [-0.39, 0.29) is 0 Å². The molecule has 0 saturated carbocycles. The zero-order valence-electron chi connectivity index (χ0n) is 11.8. The Morgan fingerprint density at radius 1 is 1.60 bits per heavy atom. The molecule has 0 aromatic carbocycles. The lowest BCUT2D eigenvalue weighted by atomic mass is 10.4. The predicted molar refractivity (Wildman–Crippen MR) is 78.6 cm³/mol. The third-order valence-electron chi connectivity index (χ3n) is 2.97. The molecule has 108 valence electrons. The van der Waals surface area contributed by atoms with Gasteiger partial charge in [-0.3, -0.25) is 4.99 Å². The molecule has 0 spiro atoms. The fraction of sp³-hybridized carbons (Fsp3) is 0.385. The highest BCUT2D eigenvalue weighted by atomic mass is 35.5. The van der Waals surface area contributed by atoms with E-state index < -0.39 is 0 Å². The van der Waals surface area contributed by atoms with E-state index in [2.05, 4.69) is 15.5 Å². The van der Waals surface area contributed by atoms with E-state index in [4.69, 9.17) is 16.1 Å². The van der Waals surface area contributed by atoms with E-state index in [1.165, 1.54) is 0 Å². The maximum absolute atomic E-state index is 5.99. The van der Waals surface area contributed by atoms with Gasteiger partial charge in [0.1, 0.15) is 12.0 Å². The van der Waals surface area contributed by atoms with E-state index in [9.17, 15) is 0 Å². The number of guanidine groups is 1. The van der Waals surface area contributed by atoms with Gasteiger partial charge in [-0.1, -0.05) is 16.8 Å². The van der Waals surface area contributed by atoms with Crippen LogP contribution in [0, 0.1) is 0 Å². The SMILES string of the molecule is CN=C(NCc1ccon1)N(C)Cc1cc(Cl)cn1C. The molecular weight excluding hydrogens is 278 g/mol. The highest BCUT2D eigenvalue weighted by molar-refractivity contribution is 6.30. The zero-order valence-corrected chi connectivity index (χ0v) is 12.6. The van der Waals surface area contributed by atoms with Gasteiger partial charge in [-0.25, -0.2) is 0 Å². The summed E-state index contributed by atoms with van der Waals surface area (Å²) < 4.78 is 6.80. The predicted octanol–water partition coefficient (Wildman–Crippen LogP) is 1.87. The molecule has 0 saturated heterocycles. The van der Waals surface area contributed by atoms with Gasteiger partial charge in [-0.2, -0.15) is 0 Å². The Balaban J connectivity index is 1.95. The molecule has 1 N–H and O–H groups in total. The van der Waals surface area contributed by atoms with Crippen molar-refractivity contribution in [3.05, 3.63) is 41.0 Å². The monoisotopic (exact) mass is 295 g/mol. The first-order valence-corrected chi connectivity index (χ1v) is 6.59. The van der Waals surface area contributed by atoms with E-state index in [1.807, 2.05) is 41.9 Å². The minimum Gasteiger partial charge on any atom is -0.364 e. The Kier molecular flexibility index (Phi) is 4.68. The van der Waals surface area contributed by atoms with E-state index in [0.29, 0.717) is 13.1 Å². The van der Waals surface area contributed by atoms with Crippen molar-refractivity contribution in [3.63, 3.8) is 0 Å². The molecule has 0 aliphatic rings. The van der Waals surface area contributed by atoms with Crippen molar-refractivity contribution in [3.8, 4) is 0 Å². The lowest BCUT2D eigenvalue weighted by molar-refractivity contribution is 0.408. The second-order valence-electron chi connectivity index (χ2n) is 4.51. The minimum atomic E-state index is 0.571.